The molecule has 1 fully saturated rings. The molecule has 0 amide bonds. The predicted octanol–water partition coefficient (Wildman–Crippen LogP) is 4.75. The maximum absolute atomic E-state index is 9.76. The molecule has 0 aliphatic carbocycles. The molecule has 0 spiro atoms. The monoisotopic (exact) mass is 686 g/mol. The topological polar surface area (TPSA) is 216 Å². The highest BCUT2D eigenvalue weighted by atomic mass is 16.4. The first-order valence-electron chi connectivity index (χ1n) is 16.3. The van der Waals surface area contributed by atoms with Crippen molar-refractivity contribution in [3.63, 3.8) is 0 Å². The zero-order valence-electron chi connectivity index (χ0n) is 28.0. The van der Waals surface area contributed by atoms with Gasteiger partial charge in [-0.05, 0) is 107 Å². The maximum Gasteiger partial charge on any atom is 0.328 e. The number of nitrogens with zero attached hydrogens (tertiary/aromatic N) is 2. The molecule has 0 aromatic heterocycles. The van der Waals surface area contributed by atoms with E-state index in [2.05, 4.69) is 16.7 Å². The van der Waals surface area contributed by atoms with Gasteiger partial charge in [0.25, 0.3) is 0 Å². The summed E-state index contributed by atoms with van der Waals surface area (Å²) < 4.78 is 0. The smallest absolute Gasteiger partial charge is 0.328 e. The highest BCUT2D eigenvalue weighted by molar-refractivity contribution is 5.90. The maximum atomic E-state index is 9.76. The summed E-state index contributed by atoms with van der Waals surface area (Å²) in [4.78, 5) is 43.4. The lowest BCUT2D eigenvalue weighted by Crippen LogP contribution is -2.32. The van der Waals surface area contributed by atoms with Gasteiger partial charge in [-0.15, -0.1) is 0 Å². The van der Waals surface area contributed by atoms with Crippen LogP contribution in [0.25, 0.3) is 0 Å². The van der Waals surface area contributed by atoms with E-state index in [0.717, 1.165) is 38.0 Å². The third-order valence-electron chi connectivity index (χ3n) is 7.61. The van der Waals surface area contributed by atoms with E-state index in [0.29, 0.717) is 36.1 Å². The number of benzene rings is 2. The van der Waals surface area contributed by atoms with E-state index in [4.69, 9.17) is 20.4 Å². The van der Waals surface area contributed by atoms with E-state index in [-0.39, 0.29) is 11.5 Å². The second kappa shape index (κ2) is 24.3. The largest absolute Gasteiger partial charge is 0.508 e. The number of carboxylic acids is 4. The molecule has 0 radical (unpaired) electrons. The summed E-state index contributed by atoms with van der Waals surface area (Å²) in [5.41, 5.74) is 2.39. The van der Waals surface area contributed by atoms with Gasteiger partial charge in [0.2, 0.25) is 0 Å². The Morgan fingerprint density at radius 1 is 0.714 bits per heavy atom. The van der Waals surface area contributed by atoms with E-state index in [1.54, 1.807) is 24.3 Å². The summed E-state index contributed by atoms with van der Waals surface area (Å²) >= 11 is 0. The normalized spacial score (nSPS) is 14.3. The molecule has 49 heavy (non-hydrogen) atoms. The Morgan fingerprint density at radius 3 is 1.80 bits per heavy atom. The average molecular weight is 687 g/mol. The molecule has 2 aromatic rings. The van der Waals surface area contributed by atoms with Crippen LogP contribution in [0.3, 0.4) is 0 Å². The van der Waals surface area contributed by atoms with E-state index in [1.807, 2.05) is 18.2 Å². The Labute approximate surface area is 287 Å². The third kappa shape index (κ3) is 20.9. The van der Waals surface area contributed by atoms with Crippen molar-refractivity contribution in [3.05, 3.63) is 77.9 Å². The van der Waals surface area contributed by atoms with Crippen LogP contribution in [-0.4, -0.2) is 108 Å². The zero-order chi connectivity index (χ0) is 36.6. The van der Waals surface area contributed by atoms with E-state index in [1.165, 1.54) is 63.6 Å². The Balaban J connectivity index is 0.000000620. The molecule has 1 saturated heterocycles. The second-order valence-electron chi connectivity index (χ2n) is 11.6. The third-order valence-corrected chi connectivity index (χ3v) is 7.61. The molecular formula is C36H50N2O11. The number of likely N-dealkylation sites (tertiary alicyclic amines) is 1. The van der Waals surface area contributed by atoms with Gasteiger partial charge in [-0.25, -0.2) is 19.2 Å². The molecule has 1 aliphatic rings. The molecule has 2 aromatic carbocycles. The number of hydrogen-bond donors (Lipinski definition) is 7. The number of hydrogen-bond acceptors (Lipinski definition) is 9. The molecule has 1 heterocycles. The molecule has 270 valence electrons. The molecule has 7 N–H and O–H groups in total. The van der Waals surface area contributed by atoms with Gasteiger partial charge in [-0.2, -0.15) is 0 Å². The lowest BCUT2D eigenvalue weighted by atomic mass is 10.0. The van der Waals surface area contributed by atoms with Crippen molar-refractivity contribution in [1.82, 2.24) is 9.80 Å². The Bertz CT molecular complexity index is 1290. The minimum Gasteiger partial charge on any atom is -0.508 e. The molecule has 13 nitrogen and oxygen atoms in total. The second-order valence-corrected chi connectivity index (χ2v) is 11.6. The fourth-order valence-corrected chi connectivity index (χ4v) is 5.28. The molecule has 0 saturated carbocycles. The standard InChI is InChI=1S/C28H42N2O3.2C4H4O4/c1-2-16-29(20-15-23-9-12-26(31)13-10-23)17-5-3-4-6-18-30-19-7-8-25(30)21-24-11-14-27(32)28(33)22-24;2*5-3(6)1-2-4(7)8/h9-14,22,25,31-33H,2-8,15-21H2,1H3;2*1-2H,(H,5,6)(H,7,8)/t25-;;/m1../s1. The molecular weight excluding hydrogens is 636 g/mol. The van der Waals surface area contributed by atoms with Crippen molar-refractivity contribution >= 4 is 23.9 Å². The van der Waals surface area contributed by atoms with E-state index < -0.39 is 23.9 Å². The lowest BCUT2D eigenvalue weighted by Gasteiger charge is -2.25. The van der Waals surface area contributed by atoms with Crippen LogP contribution in [0.4, 0.5) is 0 Å². The van der Waals surface area contributed by atoms with Crippen LogP contribution >= 0.6 is 0 Å². The van der Waals surface area contributed by atoms with E-state index in [9.17, 15) is 34.5 Å². The van der Waals surface area contributed by atoms with Gasteiger partial charge >= 0.3 is 23.9 Å². The lowest BCUT2D eigenvalue weighted by molar-refractivity contribution is -0.134. The number of aromatic hydroxyl groups is 3. The minimum atomic E-state index is -1.26. The van der Waals surface area contributed by atoms with Crippen LogP contribution in [0.2, 0.25) is 0 Å². The van der Waals surface area contributed by atoms with Crippen LogP contribution in [0.5, 0.6) is 17.2 Å². The number of carbonyl (C=O) groups is 4. The van der Waals surface area contributed by atoms with Crippen molar-refractivity contribution < 1.29 is 54.9 Å². The molecule has 0 unspecified atom stereocenters. The highest BCUT2D eigenvalue weighted by Crippen LogP contribution is 2.28. The molecule has 13 heteroatoms. The summed E-state index contributed by atoms with van der Waals surface area (Å²) in [6.07, 6.45) is 12.9. The summed E-state index contributed by atoms with van der Waals surface area (Å²) in [6.45, 7) is 7.99. The first-order chi connectivity index (χ1) is 23.3. The van der Waals surface area contributed by atoms with Gasteiger partial charge < -0.3 is 45.5 Å². The van der Waals surface area contributed by atoms with Crippen LogP contribution in [0, 0.1) is 0 Å². The number of carboxylic acid groups (broad SMARTS) is 4. The first-order valence-corrected chi connectivity index (χ1v) is 16.3. The van der Waals surface area contributed by atoms with Crippen LogP contribution < -0.4 is 0 Å². The van der Waals surface area contributed by atoms with Crippen LogP contribution in [0.1, 0.15) is 63.0 Å². The van der Waals surface area contributed by atoms with Gasteiger partial charge in [-0.1, -0.05) is 38.0 Å². The van der Waals surface area contributed by atoms with Gasteiger partial charge in [0.05, 0.1) is 0 Å². The Hall–Kier alpha value is -4.88. The molecule has 0 bridgehead atoms. The first kappa shape index (κ1) is 42.1. The number of aliphatic carboxylic acids is 4. The van der Waals surface area contributed by atoms with Gasteiger partial charge in [-0.3, -0.25) is 0 Å². The number of phenolic OH excluding ortho intramolecular Hbond substituents is 3. The highest BCUT2D eigenvalue weighted by Gasteiger charge is 2.24. The fraction of sp³-hybridized carbons (Fsp3) is 0.444. The number of rotatable bonds is 18. The van der Waals surface area contributed by atoms with Gasteiger partial charge in [0.15, 0.2) is 11.5 Å². The number of phenols is 3. The quantitative estimate of drug-likeness (QED) is 0.0641. The van der Waals surface area contributed by atoms with Gasteiger partial charge in [0, 0.05) is 36.9 Å². The zero-order valence-corrected chi connectivity index (χ0v) is 28.0. The molecule has 1 atom stereocenters. The number of unbranched alkanes of at least 4 members (excludes halogenated alkanes) is 3. The minimum absolute atomic E-state index is 0.0165. The molecule has 3 rings (SSSR count). The predicted molar refractivity (Wildman–Crippen MR) is 184 cm³/mol. The molecule has 1 aliphatic heterocycles. The van der Waals surface area contributed by atoms with Crippen LogP contribution in [0.15, 0.2) is 66.8 Å². The van der Waals surface area contributed by atoms with Crippen molar-refractivity contribution in [3.8, 4) is 17.2 Å². The SMILES string of the molecule is CCCN(CCCCCCN1CCC[C@@H]1Cc1ccc(O)c(O)c1)CCc1ccc(O)cc1.O=C(O)C=CC(=O)O.O=C(O)C=CC(=O)O. The van der Waals surface area contributed by atoms with Crippen LogP contribution in [-0.2, 0) is 32.0 Å². The fourth-order valence-electron chi connectivity index (χ4n) is 5.28. The Morgan fingerprint density at radius 2 is 1.27 bits per heavy atom. The van der Waals surface area contributed by atoms with E-state index >= 15 is 0 Å². The van der Waals surface area contributed by atoms with Gasteiger partial charge in [0.1, 0.15) is 5.75 Å². The summed E-state index contributed by atoms with van der Waals surface area (Å²) in [5.74, 6) is -4.75. The summed E-state index contributed by atoms with van der Waals surface area (Å²) in [6, 6.07) is 13.4. The van der Waals surface area contributed by atoms with Crippen molar-refractivity contribution in [2.75, 3.05) is 32.7 Å². The average Bonchev–Trinajstić information content (AvgIpc) is 3.49. The summed E-state index contributed by atoms with van der Waals surface area (Å²) in [5, 5.41) is 60.0. The Kier molecular flexibility index (Phi) is 20.9. The summed E-state index contributed by atoms with van der Waals surface area (Å²) in [7, 11) is 0. The van der Waals surface area contributed by atoms with Crippen molar-refractivity contribution in [2.45, 2.75) is 70.8 Å². The van der Waals surface area contributed by atoms with Crippen molar-refractivity contribution in [2.24, 2.45) is 0 Å². The van der Waals surface area contributed by atoms with Crippen molar-refractivity contribution in [1.29, 1.82) is 0 Å².